The average molecular weight is 445 g/mol. The van der Waals surface area contributed by atoms with Crippen LogP contribution in [0.5, 0.6) is 23.0 Å². The summed E-state index contributed by atoms with van der Waals surface area (Å²) in [6, 6.07) is 10.2. The highest BCUT2D eigenvalue weighted by Crippen LogP contribution is 2.38. The molecule has 8 heteroatoms. The van der Waals surface area contributed by atoms with E-state index < -0.39 is 5.91 Å². The van der Waals surface area contributed by atoms with Crippen molar-refractivity contribution < 1.29 is 28.5 Å². The molecule has 0 unspecified atom stereocenters. The molecular formula is C24H32N2O6. The topological polar surface area (TPSA) is 95.1 Å². The number of carbonyl (C=O) groups excluding carboxylic acids is 2. The molecule has 0 heterocycles. The van der Waals surface area contributed by atoms with Crippen LogP contribution >= 0.6 is 0 Å². The molecule has 0 aliphatic rings. The molecule has 2 aromatic carbocycles. The standard InChI is InChI=1S/C24H32N2O6/c1-5-6-7-8-13-32-19-11-9-18(10-12-19)24(28)26-25-22(27)16-17-14-20(29-2)23(31-4)21(15-17)30-3/h9-12,14-15H,5-8,13,16H2,1-4H3,(H,25,27)(H,26,28). The Bertz CT molecular complexity index is 858. The third-order valence-electron chi connectivity index (χ3n) is 4.79. The molecule has 0 saturated heterocycles. The number of amides is 2. The Labute approximate surface area is 189 Å². The zero-order valence-electron chi connectivity index (χ0n) is 19.2. The van der Waals surface area contributed by atoms with Gasteiger partial charge in [-0.1, -0.05) is 26.2 Å². The van der Waals surface area contributed by atoms with Crippen LogP contribution in [0.4, 0.5) is 0 Å². The molecule has 0 bridgehead atoms. The van der Waals surface area contributed by atoms with Gasteiger partial charge in [0.25, 0.3) is 5.91 Å². The minimum atomic E-state index is -0.419. The van der Waals surface area contributed by atoms with Crippen molar-refractivity contribution in [3.8, 4) is 23.0 Å². The summed E-state index contributed by atoms with van der Waals surface area (Å²) in [6.45, 7) is 2.82. The van der Waals surface area contributed by atoms with E-state index in [2.05, 4.69) is 17.8 Å². The van der Waals surface area contributed by atoms with Crippen molar-refractivity contribution in [3.05, 3.63) is 47.5 Å². The normalized spacial score (nSPS) is 10.2. The molecule has 0 atom stereocenters. The SMILES string of the molecule is CCCCCCOc1ccc(C(=O)NNC(=O)Cc2cc(OC)c(OC)c(OC)c2)cc1. The fourth-order valence-corrected chi connectivity index (χ4v) is 3.09. The van der Waals surface area contributed by atoms with Crippen LogP contribution in [0.2, 0.25) is 0 Å². The number of rotatable bonds is 12. The summed E-state index contributed by atoms with van der Waals surface area (Å²) in [6.07, 6.45) is 4.55. The largest absolute Gasteiger partial charge is 0.494 e. The van der Waals surface area contributed by atoms with Crippen molar-refractivity contribution in [2.75, 3.05) is 27.9 Å². The third-order valence-corrected chi connectivity index (χ3v) is 4.79. The van der Waals surface area contributed by atoms with E-state index in [-0.39, 0.29) is 12.3 Å². The highest BCUT2D eigenvalue weighted by atomic mass is 16.5. The van der Waals surface area contributed by atoms with Crippen LogP contribution in [0.1, 0.15) is 48.5 Å². The van der Waals surface area contributed by atoms with Gasteiger partial charge in [-0.15, -0.1) is 0 Å². The van der Waals surface area contributed by atoms with E-state index in [4.69, 9.17) is 18.9 Å². The summed E-state index contributed by atoms with van der Waals surface area (Å²) >= 11 is 0. The van der Waals surface area contributed by atoms with E-state index in [0.717, 1.165) is 12.8 Å². The first-order valence-electron chi connectivity index (χ1n) is 10.6. The molecule has 2 amide bonds. The van der Waals surface area contributed by atoms with E-state index in [0.29, 0.717) is 40.7 Å². The Balaban J connectivity index is 1.86. The van der Waals surface area contributed by atoms with Gasteiger partial charge < -0.3 is 18.9 Å². The lowest BCUT2D eigenvalue weighted by molar-refractivity contribution is -0.121. The molecule has 0 aliphatic heterocycles. The highest BCUT2D eigenvalue weighted by molar-refractivity contribution is 5.95. The summed E-state index contributed by atoms with van der Waals surface area (Å²) in [4.78, 5) is 24.6. The second-order valence-electron chi connectivity index (χ2n) is 7.15. The maximum Gasteiger partial charge on any atom is 0.269 e. The zero-order chi connectivity index (χ0) is 23.3. The Hall–Kier alpha value is -3.42. The summed E-state index contributed by atoms with van der Waals surface area (Å²) in [5.74, 6) is 1.25. The number of benzene rings is 2. The van der Waals surface area contributed by atoms with Crippen LogP contribution in [0.15, 0.2) is 36.4 Å². The number of methoxy groups -OCH3 is 3. The van der Waals surface area contributed by atoms with Crippen LogP contribution in [0, 0.1) is 0 Å². The summed E-state index contributed by atoms with van der Waals surface area (Å²) in [7, 11) is 4.52. The second-order valence-corrected chi connectivity index (χ2v) is 7.15. The van der Waals surface area contributed by atoms with Crippen LogP contribution in [-0.4, -0.2) is 39.8 Å². The minimum Gasteiger partial charge on any atom is -0.494 e. The number of unbranched alkanes of at least 4 members (excludes halogenated alkanes) is 3. The first kappa shape index (κ1) is 24.8. The molecule has 0 saturated carbocycles. The lowest BCUT2D eigenvalue weighted by Crippen LogP contribution is -2.42. The van der Waals surface area contributed by atoms with Crippen LogP contribution in [0.3, 0.4) is 0 Å². The quantitative estimate of drug-likeness (QED) is 0.383. The van der Waals surface area contributed by atoms with E-state index in [1.807, 2.05) is 0 Å². The predicted molar refractivity (Wildman–Crippen MR) is 121 cm³/mol. The molecule has 2 aromatic rings. The molecule has 8 nitrogen and oxygen atoms in total. The van der Waals surface area contributed by atoms with Gasteiger partial charge in [0.2, 0.25) is 11.7 Å². The van der Waals surface area contributed by atoms with Gasteiger partial charge in [0.15, 0.2) is 11.5 Å². The van der Waals surface area contributed by atoms with Crippen molar-refractivity contribution in [1.29, 1.82) is 0 Å². The molecule has 32 heavy (non-hydrogen) atoms. The number of carbonyl (C=O) groups is 2. The number of hydrogen-bond donors (Lipinski definition) is 2. The van der Waals surface area contributed by atoms with Crippen LogP contribution in [0.25, 0.3) is 0 Å². The molecule has 0 aromatic heterocycles. The molecule has 174 valence electrons. The molecule has 2 N–H and O–H groups in total. The van der Waals surface area contributed by atoms with E-state index >= 15 is 0 Å². The zero-order valence-corrected chi connectivity index (χ0v) is 19.2. The van der Waals surface area contributed by atoms with Crippen molar-refractivity contribution in [2.45, 2.75) is 39.0 Å². The lowest BCUT2D eigenvalue weighted by Gasteiger charge is -2.14. The minimum absolute atomic E-state index is 0.0157. The van der Waals surface area contributed by atoms with Gasteiger partial charge >= 0.3 is 0 Å². The lowest BCUT2D eigenvalue weighted by atomic mass is 10.1. The van der Waals surface area contributed by atoms with Crippen molar-refractivity contribution in [2.24, 2.45) is 0 Å². The number of hydrogen-bond acceptors (Lipinski definition) is 6. The molecule has 0 aliphatic carbocycles. The predicted octanol–water partition coefficient (Wildman–Crippen LogP) is 3.68. The van der Waals surface area contributed by atoms with E-state index in [9.17, 15) is 9.59 Å². The molecule has 0 radical (unpaired) electrons. The van der Waals surface area contributed by atoms with E-state index in [1.54, 1.807) is 36.4 Å². The van der Waals surface area contributed by atoms with Crippen LogP contribution < -0.4 is 29.8 Å². The third kappa shape index (κ3) is 7.37. The Morgan fingerprint density at radius 1 is 0.844 bits per heavy atom. The Morgan fingerprint density at radius 3 is 2.06 bits per heavy atom. The second kappa shape index (κ2) is 13.1. The number of nitrogens with one attached hydrogen (secondary N) is 2. The Kier molecular flexibility index (Phi) is 10.2. The summed E-state index contributed by atoms with van der Waals surface area (Å²) in [5.41, 5.74) is 5.90. The summed E-state index contributed by atoms with van der Waals surface area (Å²) in [5, 5.41) is 0. The van der Waals surface area contributed by atoms with Gasteiger partial charge in [-0.2, -0.15) is 0 Å². The number of ether oxygens (including phenoxy) is 4. The van der Waals surface area contributed by atoms with Gasteiger partial charge in [0.1, 0.15) is 5.75 Å². The molecular weight excluding hydrogens is 412 g/mol. The average Bonchev–Trinajstić information content (AvgIpc) is 2.82. The molecule has 0 fully saturated rings. The smallest absolute Gasteiger partial charge is 0.269 e. The van der Waals surface area contributed by atoms with E-state index in [1.165, 1.54) is 34.2 Å². The van der Waals surface area contributed by atoms with Crippen molar-refractivity contribution in [3.63, 3.8) is 0 Å². The van der Waals surface area contributed by atoms with Crippen molar-refractivity contribution in [1.82, 2.24) is 10.9 Å². The van der Waals surface area contributed by atoms with Crippen molar-refractivity contribution >= 4 is 11.8 Å². The molecule has 2 rings (SSSR count). The fraction of sp³-hybridized carbons (Fsp3) is 0.417. The molecule has 0 spiro atoms. The monoisotopic (exact) mass is 444 g/mol. The van der Waals surface area contributed by atoms with Gasteiger partial charge in [-0.3, -0.25) is 20.4 Å². The maximum atomic E-state index is 12.3. The summed E-state index contributed by atoms with van der Waals surface area (Å²) < 4.78 is 21.5. The van der Waals surface area contributed by atoms with Crippen LogP contribution in [-0.2, 0) is 11.2 Å². The van der Waals surface area contributed by atoms with Gasteiger partial charge in [0.05, 0.1) is 34.4 Å². The Morgan fingerprint density at radius 2 is 1.50 bits per heavy atom. The number of hydrazine groups is 1. The van der Waals surface area contributed by atoms with Gasteiger partial charge in [-0.25, -0.2) is 0 Å². The van der Waals surface area contributed by atoms with Gasteiger partial charge in [0, 0.05) is 5.56 Å². The maximum absolute atomic E-state index is 12.3. The van der Waals surface area contributed by atoms with Gasteiger partial charge in [-0.05, 0) is 48.4 Å². The first-order valence-corrected chi connectivity index (χ1v) is 10.6. The fourth-order valence-electron chi connectivity index (χ4n) is 3.09. The first-order chi connectivity index (χ1) is 15.5. The highest BCUT2D eigenvalue weighted by Gasteiger charge is 2.15.